The minimum Gasteiger partial charge on any atom is -0.399 e. The van der Waals surface area contributed by atoms with Crippen LogP contribution in [0.25, 0.3) is 11.1 Å². The maximum Gasteiger partial charge on any atom is 0.224 e. The van der Waals surface area contributed by atoms with Gasteiger partial charge in [-0.3, -0.25) is 4.79 Å². The molecule has 5 heteroatoms. The molecule has 166 valence electrons. The smallest absolute Gasteiger partial charge is 0.224 e. The molecule has 0 saturated heterocycles. The van der Waals surface area contributed by atoms with Gasteiger partial charge in [-0.25, -0.2) is 0 Å². The molecule has 0 spiro atoms. The number of rotatable bonds is 11. The van der Waals surface area contributed by atoms with Gasteiger partial charge >= 0.3 is 0 Å². The summed E-state index contributed by atoms with van der Waals surface area (Å²) in [7, 11) is 1.58. The van der Waals surface area contributed by atoms with Crippen LogP contribution in [0.2, 0.25) is 0 Å². The van der Waals surface area contributed by atoms with E-state index in [2.05, 4.69) is 46.9 Å². The van der Waals surface area contributed by atoms with Crippen LogP contribution in [0.1, 0.15) is 44.1 Å². The van der Waals surface area contributed by atoms with E-state index >= 15 is 0 Å². The first-order chi connectivity index (χ1) is 15.7. The lowest BCUT2D eigenvalue weighted by atomic mass is 9.98. The second kappa shape index (κ2) is 12.3. The van der Waals surface area contributed by atoms with E-state index in [1.54, 1.807) is 13.2 Å². The van der Waals surface area contributed by atoms with E-state index in [1.165, 1.54) is 5.56 Å². The van der Waals surface area contributed by atoms with E-state index in [1.807, 2.05) is 36.4 Å². The molecule has 0 aliphatic rings. The quantitative estimate of drug-likeness (QED) is 0.163. The van der Waals surface area contributed by atoms with Crippen molar-refractivity contribution in [3.63, 3.8) is 0 Å². The largest absolute Gasteiger partial charge is 0.399 e. The summed E-state index contributed by atoms with van der Waals surface area (Å²) in [5, 5.41) is 7.15. The standard InChI is InChI=1S/C27H31N3O2/c1-32-30-25(23-15-11-14-22(20-23)21-12-5-4-6-13-21)17-7-2-3-8-19-27(31)29-26-18-10-9-16-24(26)28/h4-6,9-16,18,20H,2-3,7-8,17,19,28H2,1H3,(H,29,31). The number of nitrogens with one attached hydrogen (secondary N) is 1. The number of benzene rings is 3. The minimum absolute atomic E-state index is 0.00209. The summed E-state index contributed by atoms with van der Waals surface area (Å²) >= 11 is 0. The van der Waals surface area contributed by atoms with Crippen LogP contribution in [0.3, 0.4) is 0 Å². The summed E-state index contributed by atoms with van der Waals surface area (Å²) < 4.78 is 0. The van der Waals surface area contributed by atoms with Crippen LogP contribution in [-0.2, 0) is 9.63 Å². The molecule has 0 unspecified atom stereocenters. The van der Waals surface area contributed by atoms with Gasteiger partial charge in [0.1, 0.15) is 7.11 Å². The van der Waals surface area contributed by atoms with Crippen LogP contribution in [-0.4, -0.2) is 18.7 Å². The molecular weight excluding hydrogens is 398 g/mol. The molecule has 0 bridgehead atoms. The molecule has 0 atom stereocenters. The molecule has 0 aliphatic carbocycles. The molecule has 32 heavy (non-hydrogen) atoms. The zero-order valence-electron chi connectivity index (χ0n) is 18.6. The Morgan fingerprint density at radius 3 is 2.28 bits per heavy atom. The number of carbonyl (C=O) groups excluding carboxylic acids is 1. The number of hydrogen-bond donors (Lipinski definition) is 2. The van der Waals surface area contributed by atoms with Crippen LogP contribution in [0.5, 0.6) is 0 Å². The average Bonchev–Trinajstić information content (AvgIpc) is 2.82. The number of nitrogens with two attached hydrogens (primary N) is 1. The number of nitrogens with zero attached hydrogens (tertiary/aromatic N) is 1. The topological polar surface area (TPSA) is 76.7 Å². The van der Waals surface area contributed by atoms with Gasteiger partial charge in [0.05, 0.1) is 17.1 Å². The number of oxime groups is 1. The maximum absolute atomic E-state index is 12.1. The molecule has 3 aromatic rings. The van der Waals surface area contributed by atoms with E-state index in [0.717, 1.165) is 48.9 Å². The van der Waals surface area contributed by atoms with Gasteiger partial charge in [0.25, 0.3) is 0 Å². The number of hydrogen-bond acceptors (Lipinski definition) is 4. The lowest BCUT2D eigenvalue weighted by Crippen LogP contribution is -2.12. The van der Waals surface area contributed by atoms with Crippen molar-refractivity contribution < 1.29 is 9.63 Å². The van der Waals surface area contributed by atoms with Gasteiger partial charge in [0.2, 0.25) is 5.91 Å². The molecule has 0 aliphatic heterocycles. The molecule has 0 heterocycles. The summed E-state index contributed by atoms with van der Waals surface area (Å²) in [6, 6.07) is 26.0. The van der Waals surface area contributed by atoms with Crippen LogP contribution in [0.4, 0.5) is 11.4 Å². The third-order valence-corrected chi connectivity index (χ3v) is 5.31. The second-order valence-electron chi connectivity index (χ2n) is 7.72. The molecule has 0 saturated carbocycles. The number of nitrogen functional groups attached to an aromatic ring is 1. The summed E-state index contributed by atoms with van der Waals surface area (Å²) in [4.78, 5) is 17.2. The third-order valence-electron chi connectivity index (χ3n) is 5.31. The highest BCUT2D eigenvalue weighted by atomic mass is 16.6. The van der Waals surface area contributed by atoms with Gasteiger partial charge < -0.3 is 15.9 Å². The Morgan fingerprint density at radius 2 is 1.53 bits per heavy atom. The maximum atomic E-state index is 12.1. The second-order valence-corrected chi connectivity index (χ2v) is 7.72. The van der Waals surface area contributed by atoms with Gasteiger partial charge in [-0.05, 0) is 54.2 Å². The number of carbonyl (C=O) groups is 1. The molecule has 1 amide bonds. The van der Waals surface area contributed by atoms with Crippen molar-refractivity contribution in [2.45, 2.75) is 38.5 Å². The first-order valence-electron chi connectivity index (χ1n) is 11.1. The van der Waals surface area contributed by atoms with Crippen molar-refractivity contribution in [2.75, 3.05) is 18.2 Å². The molecule has 0 fully saturated rings. The SMILES string of the molecule is CON=C(CCCCCCC(=O)Nc1ccccc1N)c1cccc(-c2ccccc2)c1. The minimum atomic E-state index is 0.00209. The van der Waals surface area contributed by atoms with Crippen molar-refractivity contribution >= 4 is 23.0 Å². The van der Waals surface area contributed by atoms with Crippen LogP contribution >= 0.6 is 0 Å². The van der Waals surface area contributed by atoms with Crippen LogP contribution < -0.4 is 11.1 Å². The predicted molar refractivity (Wildman–Crippen MR) is 133 cm³/mol. The molecule has 3 aromatic carbocycles. The summed E-state index contributed by atoms with van der Waals surface area (Å²) in [5.41, 5.74) is 11.5. The predicted octanol–water partition coefficient (Wildman–Crippen LogP) is 6.27. The summed E-state index contributed by atoms with van der Waals surface area (Å²) in [6.07, 6.45) is 5.18. The molecule has 3 rings (SSSR count). The van der Waals surface area contributed by atoms with E-state index in [4.69, 9.17) is 10.6 Å². The Bertz CT molecular complexity index is 1030. The lowest BCUT2D eigenvalue weighted by molar-refractivity contribution is -0.116. The first-order valence-corrected chi connectivity index (χ1v) is 11.1. The Balaban J connectivity index is 1.44. The van der Waals surface area contributed by atoms with Crippen molar-refractivity contribution in [2.24, 2.45) is 5.16 Å². The monoisotopic (exact) mass is 429 g/mol. The molecular formula is C27H31N3O2. The Labute approximate surface area is 190 Å². The Morgan fingerprint density at radius 1 is 0.844 bits per heavy atom. The fraction of sp³-hybridized carbons (Fsp3) is 0.259. The number of amides is 1. The van der Waals surface area contributed by atoms with E-state index in [0.29, 0.717) is 17.8 Å². The number of anilines is 2. The molecule has 0 radical (unpaired) electrons. The van der Waals surface area contributed by atoms with Crippen molar-refractivity contribution in [3.05, 3.63) is 84.4 Å². The zero-order chi connectivity index (χ0) is 22.6. The summed E-state index contributed by atoms with van der Waals surface area (Å²) in [5.74, 6) is 0.00209. The van der Waals surface area contributed by atoms with Gasteiger partial charge in [-0.15, -0.1) is 0 Å². The van der Waals surface area contributed by atoms with Gasteiger partial charge in [-0.2, -0.15) is 0 Å². The highest BCUT2D eigenvalue weighted by Crippen LogP contribution is 2.22. The van der Waals surface area contributed by atoms with Crippen LogP contribution in [0.15, 0.2) is 84.0 Å². The first kappa shape index (κ1) is 23.1. The fourth-order valence-corrected chi connectivity index (χ4v) is 3.62. The molecule has 0 aromatic heterocycles. The van der Waals surface area contributed by atoms with E-state index in [9.17, 15) is 4.79 Å². The molecule has 5 nitrogen and oxygen atoms in total. The van der Waals surface area contributed by atoms with Crippen LogP contribution in [0, 0.1) is 0 Å². The van der Waals surface area contributed by atoms with Crippen molar-refractivity contribution in [3.8, 4) is 11.1 Å². The van der Waals surface area contributed by atoms with Gasteiger partial charge in [-0.1, -0.05) is 78.7 Å². The molecule has 3 N–H and O–H groups in total. The number of unbranched alkanes of at least 4 members (excludes halogenated alkanes) is 3. The average molecular weight is 430 g/mol. The number of para-hydroxylation sites is 2. The zero-order valence-corrected chi connectivity index (χ0v) is 18.6. The van der Waals surface area contributed by atoms with Gasteiger partial charge in [0.15, 0.2) is 0 Å². The highest BCUT2D eigenvalue weighted by molar-refractivity contribution is 6.01. The normalized spacial score (nSPS) is 11.2. The van der Waals surface area contributed by atoms with Gasteiger partial charge in [0, 0.05) is 6.42 Å². The highest BCUT2D eigenvalue weighted by Gasteiger charge is 2.08. The third kappa shape index (κ3) is 6.98. The van der Waals surface area contributed by atoms with Crippen molar-refractivity contribution in [1.29, 1.82) is 0 Å². The summed E-state index contributed by atoms with van der Waals surface area (Å²) in [6.45, 7) is 0. The Kier molecular flexibility index (Phi) is 8.87. The Hall–Kier alpha value is -3.60. The van der Waals surface area contributed by atoms with E-state index < -0.39 is 0 Å². The van der Waals surface area contributed by atoms with Crippen molar-refractivity contribution in [1.82, 2.24) is 0 Å². The van der Waals surface area contributed by atoms with E-state index in [-0.39, 0.29) is 5.91 Å². The lowest BCUT2D eigenvalue weighted by Gasteiger charge is -2.09. The fourth-order valence-electron chi connectivity index (χ4n) is 3.62.